The fourth-order valence-corrected chi connectivity index (χ4v) is 2.64. The summed E-state index contributed by atoms with van der Waals surface area (Å²) in [7, 11) is 0. The average Bonchev–Trinajstić information content (AvgIpc) is 2.79. The lowest BCUT2D eigenvalue weighted by Gasteiger charge is -2.23. The van der Waals surface area contributed by atoms with Crippen molar-refractivity contribution in [3.63, 3.8) is 0 Å². The molecule has 3 nitrogen and oxygen atoms in total. The molecule has 0 N–H and O–H groups in total. The molecule has 1 aromatic rings. The number of carbonyl (C=O) groups excluding carboxylic acids is 1. The minimum absolute atomic E-state index is 0.148. The molecule has 0 unspecified atom stereocenters. The zero-order valence-electron chi connectivity index (χ0n) is 11.0. The van der Waals surface area contributed by atoms with Crippen LogP contribution in [0.3, 0.4) is 0 Å². The van der Waals surface area contributed by atoms with Crippen molar-refractivity contribution in [3.05, 3.63) is 29.8 Å². The molecule has 1 saturated carbocycles. The summed E-state index contributed by atoms with van der Waals surface area (Å²) in [5.41, 5.74) is 0.708. The van der Waals surface area contributed by atoms with Crippen LogP contribution in [0.5, 0.6) is 5.75 Å². The van der Waals surface area contributed by atoms with Crippen molar-refractivity contribution < 1.29 is 9.53 Å². The molecule has 0 aliphatic heterocycles. The molecular weight excluding hydrogens is 226 g/mol. The van der Waals surface area contributed by atoms with Crippen LogP contribution in [0.15, 0.2) is 29.3 Å². The van der Waals surface area contributed by atoms with E-state index >= 15 is 0 Å². The van der Waals surface area contributed by atoms with Gasteiger partial charge in [-0.1, -0.05) is 25.0 Å². The Balaban J connectivity index is 2.33. The highest BCUT2D eigenvalue weighted by atomic mass is 16.5. The molecule has 0 atom stereocenters. The molecule has 3 heteroatoms. The number of isocyanates is 1. The Bertz CT molecular complexity index is 455. The van der Waals surface area contributed by atoms with Crippen molar-refractivity contribution in [2.24, 2.45) is 4.99 Å². The fraction of sp³-hybridized carbons (Fsp3) is 0.533. The Morgan fingerprint density at radius 3 is 2.67 bits per heavy atom. The molecule has 0 spiro atoms. The topological polar surface area (TPSA) is 38.7 Å². The van der Waals surface area contributed by atoms with E-state index in [1.807, 2.05) is 38.1 Å². The van der Waals surface area contributed by atoms with Gasteiger partial charge in [0.1, 0.15) is 5.75 Å². The van der Waals surface area contributed by atoms with Gasteiger partial charge < -0.3 is 4.74 Å². The molecule has 1 aliphatic rings. The molecule has 18 heavy (non-hydrogen) atoms. The maximum absolute atomic E-state index is 10.7. The molecule has 1 aliphatic carbocycles. The number of nitrogens with zero attached hydrogens (tertiary/aromatic N) is 1. The second-order valence-corrected chi connectivity index (χ2v) is 5.14. The van der Waals surface area contributed by atoms with Crippen molar-refractivity contribution in [2.45, 2.75) is 51.2 Å². The first-order valence-electron chi connectivity index (χ1n) is 6.52. The van der Waals surface area contributed by atoms with E-state index in [4.69, 9.17) is 4.74 Å². The molecule has 2 rings (SSSR count). The predicted octanol–water partition coefficient (Wildman–Crippen LogP) is 3.58. The lowest BCUT2D eigenvalue weighted by Crippen LogP contribution is -2.19. The number of aliphatic imine (C=N–C) groups is 1. The molecule has 1 aromatic carbocycles. The molecule has 0 aromatic heterocycles. The average molecular weight is 245 g/mol. The monoisotopic (exact) mass is 245 g/mol. The molecule has 0 amide bonds. The fourth-order valence-electron chi connectivity index (χ4n) is 2.64. The van der Waals surface area contributed by atoms with Crippen molar-refractivity contribution in [1.29, 1.82) is 0 Å². The third-order valence-corrected chi connectivity index (χ3v) is 3.43. The summed E-state index contributed by atoms with van der Waals surface area (Å²) in [4.78, 5) is 14.8. The quantitative estimate of drug-likeness (QED) is 0.600. The number of hydrogen-bond donors (Lipinski definition) is 0. The number of benzene rings is 1. The van der Waals surface area contributed by atoms with Gasteiger partial charge >= 0.3 is 0 Å². The smallest absolute Gasteiger partial charge is 0.235 e. The summed E-state index contributed by atoms with van der Waals surface area (Å²) >= 11 is 0. The van der Waals surface area contributed by atoms with E-state index in [1.54, 1.807) is 6.08 Å². The Hall–Kier alpha value is -1.60. The van der Waals surface area contributed by atoms with Crippen LogP contribution in [0.4, 0.5) is 0 Å². The van der Waals surface area contributed by atoms with E-state index in [1.165, 1.54) is 0 Å². The van der Waals surface area contributed by atoms with E-state index in [0.717, 1.165) is 37.0 Å². The van der Waals surface area contributed by atoms with E-state index in [0.29, 0.717) is 0 Å². The summed E-state index contributed by atoms with van der Waals surface area (Å²) in [6.07, 6.45) is 5.96. The van der Waals surface area contributed by atoms with Gasteiger partial charge in [0, 0.05) is 0 Å². The van der Waals surface area contributed by atoms with Crippen molar-refractivity contribution in [3.8, 4) is 5.75 Å². The van der Waals surface area contributed by atoms with Gasteiger partial charge in [-0.15, -0.1) is 0 Å². The minimum atomic E-state index is -0.363. The van der Waals surface area contributed by atoms with Gasteiger partial charge in [0.05, 0.1) is 11.6 Å². The third kappa shape index (κ3) is 2.62. The van der Waals surface area contributed by atoms with Crippen LogP contribution < -0.4 is 4.74 Å². The van der Waals surface area contributed by atoms with E-state index < -0.39 is 0 Å². The Morgan fingerprint density at radius 1 is 1.33 bits per heavy atom. The van der Waals surface area contributed by atoms with Crippen LogP contribution in [0, 0.1) is 0 Å². The zero-order chi connectivity index (χ0) is 13.0. The molecule has 0 radical (unpaired) electrons. The second-order valence-electron chi connectivity index (χ2n) is 5.14. The van der Waals surface area contributed by atoms with Crippen LogP contribution in [-0.2, 0) is 10.3 Å². The summed E-state index contributed by atoms with van der Waals surface area (Å²) < 4.78 is 5.70. The molecule has 1 fully saturated rings. The van der Waals surface area contributed by atoms with Crippen LogP contribution in [-0.4, -0.2) is 12.2 Å². The van der Waals surface area contributed by atoms with Gasteiger partial charge in [-0.25, -0.2) is 4.79 Å². The standard InChI is InChI=1S/C15H19NO2/c1-12(2)18-14-7-5-6-13(10-14)15(16-11-17)8-3-4-9-15/h5-7,10,12H,3-4,8-9H2,1-2H3. The minimum Gasteiger partial charge on any atom is -0.491 e. The third-order valence-electron chi connectivity index (χ3n) is 3.43. The Labute approximate surface area is 108 Å². The van der Waals surface area contributed by atoms with Gasteiger partial charge in [-0.3, -0.25) is 0 Å². The number of rotatable bonds is 4. The maximum Gasteiger partial charge on any atom is 0.235 e. The molecule has 0 bridgehead atoms. The summed E-state index contributed by atoms with van der Waals surface area (Å²) in [6.45, 7) is 4.00. The van der Waals surface area contributed by atoms with E-state index in [2.05, 4.69) is 4.99 Å². The lowest BCUT2D eigenvalue weighted by molar-refractivity contribution is 0.241. The predicted molar refractivity (Wildman–Crippen MR) is 70.5 cm³/mol. The van der Waals surface area contributed by atoms with Crippen LogP contribution in [0.1, 0.15) is 45.1 Å². The highest BCUT2D eigenvalue weighted by Gasteiger charge is 2.35. The van der Waals surface area contributed by atoms with Crippen molar-refractivity contribution in [1.82, 2.24) is 0 Å². The normalized spacial score (nSPS) is 17.5. The summed E-state index contributed by atoms with van der Waals surface area (Å²) in [5.74, 6) is 0.842. The van der Waals surface area contributed by atoms with Gasteiger partial charge in [0.25, 0.3) is 0 Å². The zero-order valence-corrected chi connectivity index (χ0v) is 11.0. The SMILES string of the molecule is CC(C)Oc1cccc(C2(N=C=O)CCCC2)c1. The first kappa shape index (κ1) is 12.8. The molecule has 0 heterocycles. The van der Waals surface area contributed by atoms with Crippen LogP contribution >= 0.6 is 0 Å². The molecule has 0 saturated heterocycles. The number of hydrogen-bond acceptors (Lipinski definition) is 3. The molecular formula is C15H19NO2. The maximum atomic E-state index is 10.7. The van der Waals surface area contributed by atoms with Gasteiger partial charge in [-0.2, -0.15) is 4.99 Å². The first-order valence-corrected chi connectivity index (χ1v) is 6.52. The first-order chi connectivity index (χ1) is 8.66. The lowest BCUT2D eigenvalue weighted by atomic mass is 9.89. The largest absolute Gasteiger partial charge is 0.491 e. The molecule has 96 valence electrons. The highest BCUT2D eigenvalue weighted by molar-refractivity contribution is 5.41. The van der Waals surface area contributed by atoms with E-state index in [9.17, 15) is 4.79 Å². The van der Waals surface area contributed by atoms with Gasteiger partial charge in [0.2, 0.25) is 6.08 Å². The van der Waals surface area contributed by atoms with Crippen LogP contribution in [0.25, 0.3) is 0 Å². The van der Waals surface area contributed by atoms with Gasteiger partial charge in [0.15, 0.2) is 0 Å². The summed E-state index contributed by atoms with van der Waals surface area (Å²) in [6, 6.07) is 7.94. The second kappa shape index (κ2) is 5.36. The highest BCUT2D eigenvalue weighted by Crippen LogP contribution is 2.42. The van der Waals surface area contributed by atoms with Gasteiger partial charge in [-0.05, 0) is 44.4 Å². The Kier molecular flexibility index (Phi) is 3.83. The van der Waals surface area contributed by atoms with Crippen molar-refractivity contribution >= 4 is 6.08 Å². The Morgan fingerprint density at radius 2 is 2.06 bits per heavy atom. The number of ether oxygens (including phenoxy) is 1. The van der Waals surface area contributed by atoms with Crippen LogP contribution in [0.2, 0.25) is 0 Å². The van der Waals surface area contributed by atoms with E-state index in [-0.39, 0.29) is 11.6 Å². The summed E-state index contributed by atoms with van der Waals surface area (Å²) in [5, 5.41) is 0. The van der Waals surface area contributed by atoms with Crippen molar-refractivity contribution in [2.75, 3.05) is 0 Å².